The molecule has 0 heterocycles. The fourth-order valence-electron chi connectivity index (χ4n) is 1.57. The van der Waals surface area contributed by atoms with Gasteiger partial charge in [0.2, 0.25) is 0 Å². The van der Waals surface area contributed by atoms with Crippen LogP contribution < -0.4 is 10.5 Å². The average molecular weight is 275 g/mol. The predicted octanol–water partition coefficient (Wildman–Crippen LogP) is 3.13. The molecule has 4 nitrogen and oxygen atoms in total. The van der Waals surface area contributed by atoms with Crippen molar-refractivity contribution in [2.75, 3.05) is 12.8 Å². The van der Waals surface area contributed by atoms with Crippen LogP contribution in [-0.2, 0) is 0 Å². The second-order valence-corrected chi connectivity index (χ2v) is 4.95. The summed E-state index contributed by atoms with van der Waals surface area (Å²) in [5.41, 5.74) is 6.26. The Kier molecular flexibility index (Phi) is 3.97. The molecule has 3 N–H and O–H groups in total. The van der Waals surface area contributed by atoms with Gasteiger partial charge < -0.3 is 15.6 Å². The number of methoxy groups -OCH3 is 1. The number of rotatable bonds is 4. The Morgan fingerprint density at radius 3 is 2.47 bits per heavy atom. The lowest BCUT2D eigenvalue weighted by Gasteiger charge is -2.07. The second-order valence-electron chi connectivity index (χ2n) is 3.84. The van der Waals surface area contributed by atoms with Crippen molar-refractivity contribution in [3.63, 3.8) is 0 Å². The Hall–Kier alpha value is -2.14. The summed E-state index contributed by atoms with van der Waals surface area (Å²) in [6, 6.07) is 12.3. The summed E-state index contributed by atoms with van der Waals surface area (Å²) in [5, 5.41) is 9.16. The van der Waals surface area contributed by atoms with Crippen LogP contribution in [0.15, 0.2) is 52.3 Å². The van der Waals surface area contributed by atoms with E-state index in [1.165, 1.54) is 17.8 Å². The number of nitrogens with two attached hydrogens (primary N) is 1. The van der Waals surface area contributed by atoms with E-state index >= 15 is 0 Å². The number of anilines is 1. The number of benzene rings is 2. The lowest BCUT2D eigenvalue weighted by molar-refractivity contribution is 0.0693. The van der Waals surface area contributed by atoms with Crippen molar-refractivity contribution in [2.45, 2.75) is 9.79 Å². The largest absolute Gasteiger partial charge is 0.497 e. The molecular weight excluding hydrogens is 262 g/mol. The van der Waals surface area contributed by atoms with Gasteiger partial charge in [-0.25, -0.2) is 4.79 Å². The molecule has 0 aliphatic carbocycles. The fourth-order valence-corrected chi connectivity index (χ4v) is 2.49. The van der Waals surface area contributed by atoms with Gasteiger partial charge in [-0.05, 0) is 42.5 Å². The maximum Gasteiger partial charge on any atom is 0.336 e. The van der Waals surface area contributed by atoms with Crippen molar-refractivity contribution in [1.82, 2.24) is 0 Å². The van der Waals surface area contributed by atoms with Crippen molar-refractivity contribution in [1.29, 1.82) is 0 Å². The van der Waals surface area contributed by atoms with Crippen molar-refractivity contribution in [3.8, 4) is 5.75 Å². The highest BCUT2D eigenvalue weighted by Crippen LogP contribution is 2.32. The van der Waals surface area contributed by atoms with Crippen LogP contribution in [0.4, 0.5) is 5.69 Å². The Morgan fingerprint density at radius 2 is 1.89 bits per heavy atom. The van der Waals surface area contributed by atoms with E-state index in [9.17, 15) is 4.79 Å². The smallest absolute Gasteiger partial charge is 0.336 e. The first kappa shape index (κ1) is 13.3. The lowest BCUT2D eigenvalue weighted by atomic mass is 10.2. The third-order valence-electron chi connectivity index (χ3n) is 2.52. The fraction of sp³-hybridized carbons (Fsp3) is 0.0714. The van der Waals surface area contributed by atoms with Crippen LogP contribution in [-0.4, -0.2) is 18.2 Å². The summed E-state index contributed by atoms with van der Waals surface area (Å²) in [7, 11) is 1.60. The molecule has 2 rings (SSSR count). The Bertz CT molecular complexity index is 596. The van der Waals surface area contributed by atoms with E-state index < -0.39 is 5.97 Å². The Morgan fingerprint density at radius 1 is 1.21 bits per heavy atom. The summed E-state index contributed by atoms with van der Waals surface area (Å²) in [5.74, 6) is -0.219. The number of carbonyl (C=O) groups is 1. The minimum absolute atomic E-state index is 0.209. The Balaban J connectivity index is 2.29. The number of hydrogen-bond donors (Lipinski definition) is 2. The van der Waals surface area contributed by atoms with Crippen molar-refractivity contribution < 1.29 is 14.6 Å². The number of carboxylic acid groups (broad SMARTS) is 1. The standard InChI is InChI=1S/C14H13NO3S/c1-18-10-3-5-11(6-4-10)19-13-7-2-9(15)8-12(13)14(16)17/h2-8H,15H2,1H3,(H,16,17). The van der Waals surface area contributed by atoms with Gasteiger partial charge in [-0.1, -0.05) is 11.8 Å². The van der Waals surface area contributed by atoms with Crippen LogP contribution >= 0.6 is 11.8 Å². The van der Waals surface area contributed by atoms with E-state index in [-0.39, 0.29) is 5.56 Å². The number of nitrogen functional groups attached to an aromatic ring is 1. The molecule has 0 aliphatic heterocycles. The van der Waals surface area contributed by atoms with Crippen LogP contribution in [0.25, 0.3) is 0 Å². The van der Waals surface area contributed by atoms with E-state index in [0.717, 1.165) is 10.6 Å². The van der Waals surface area contributed by atoms with E-state index in [1.807, 2.05) is 24.3 Å². The molecule has 0 atom stereocenters. The first-order chi connectivity index (χ1) is 9.10. The molecule has 19 heavy (non-hydrogen) atoms. The van der Waals surface area contributed by atoms with E-state index in [4.69, 9.17) is 15.6 Å². The van der Waals surface area contributed by atoms with Crippen molar-refractivity contribution >= 4 is 23.4 Å². The molecule has 0 saturated heterocycles. The van der Waals surface area contributed by atoms with Crippen LogP contribution in [0.2, 0.25) is 0 Å². The highest BCUT2D eigenvalue weighted by molar-refractivity contribution is 7.99. The third-order valence-corrected chi connectivity index (χ3v) is 3.61. The van der Waals surface area contributed by atoms with E-state index in [2.05, 4.69) is 0 Å². The maximum absolute atomic E-state index is 11.2. The molecule has 5 heteroatoms. The molecule has 0 saturated carbocycles. The van der Waals surface area contributed by atoms with Crippen molar-refractivity contribution in [3.05, 3.63) is 48.0 Å². The van der Waals surface area contributed by atoms with Crippen LogP contribution in [0.5, 0.6) is 5.75 Å². The SMILES string of the molecule is COc1ccc(Sc2ccc(N)cc2C(=O)O)cc1. The van der Waals surface area contributed by atoms with Gasteiger partial charge in [0.1, 0.15) is 5.75 Å². The van der Waals surface area contributed by atoms with Gasteiger partial charge in [-0.15, -0.1) is 0 Å². The number of hydrogen-bond acceptors (Lipinski definition) is 4. The molecule has 2 aromatic carbocycles. The first-order valence-corrected chi connectivity index (χ1v) is 6.36. The van der Waals surface area contributed by atoms with E-state index in [1.54, 1.807) is 19.2 Å². The molecule has 0 spiro atoms. The van der Waals surface area contributed by atoms with Crippen LogP contribution in [0, 0.1) is 0 Å². The summed E-state index contributed by atoms with van der Waals surface area (Å²) in [6.45, 7) is 0. The molecule has 2 aromatic rings. The first-order valence-electron chi connectivity index (χ1n) is 5.55. The zero-order valence-electron chi connectivity index (χ0n) is 10.3. The third kappa shape index (κ3) is 3.20. The summed E-state index contributed by atoms with van der Waals surface area (Å²) in [4.78, 5) is 12.8. The highest BCUT2D eigenvalue weighted by atomic mass is 32.2. The summed E-state index contributed by atoms with van der Waals surface area (Å²) >= 11 is 1.38. The number of ether oxygens (including phenoxy) is 1. The molecule has 0 aromatic heterocycles. The lowest BCUT2D eigenvalue weighted by Crippen LogP contribution is -2.00. The summed E-state index contributed by atoms with van der Waals surface area (Å²) < 4.78 is 5.08. The van der Waals surface area contributed by atoms with Gasteiger partial charge in [0.05, 0.1) is 12.7 Å². The molecule has 0 aliphatic rings. The maximum atomic E-state index is 11.2. The van der Waals surface area contributed by atoms with Gasteiger partial charge in [-0.2, -0.15) is 0 Å². The molecule has 98 valence electrons. The Labute approximate surface area is 115 Å². The molecule has 0 fully saturated rings. The summed E-state index contributed by atoms with van der Waals surface area (Å²) in [6.07, 6.45) is 0. The number of aromatic carboxylic acids is 1. The van der Waals surface area contributed by atoms with Crippen LogP contribution in [0.3, 0.4) is 0 Å². The zero-order valence-corrected chi connectivity index (χ0v) is 11.1. The van der Waals surface area contributed by atoms with E-state index in [0.29, 0.717) is 10.6 Å². The highest BCUT2D eigenvalue weighted by Gasteiger charge is 2.11. The van der Waals surface area contributed by atoms with Crippen molar-refractivity contribution in [2.24, 2.45) is 0 Å². The molecule has 0 radical (unpaired) electrons. The monoisotopic (exact) mass is 275 g/mol. The zero-order chi connectivity index (χ0) is 13.8. The van der Waals surface area contributed by atoms with Crippen LogP contribution in [0.1, 0.15) is 10.4 Å². The van der Waals surface area contributed by atoms with Gasteiger partial charge in [0.25, 0.3) is 0 Å². The quantitative estimate of drug-likeness (QED) is 0.839. The minimum atomic E-state index is -0.983. The van der Waals surface area contributed by atoms with Gasteiger partial charge in [0.15, 0.2) is 0 Å². The minimum Gasteiger partial charge on any atom is -0.497 e. The molecule has 0 amide bonds. The predicted molar refractivity (Wildman–Crippen MR) is 74.9 cm³/mol. The molecule has 0 unspecified atom stereocenters. The molecular formula is C14H13NO3S. The molecule has 0 bridgehead atoms. The average Bonchev–Trinajstić information content (AvgIpc) is 2.41. The van der Waals surface area contributed by atoms with Gasteiger partial charge in [0, 0.05) is 15.5 Å². The second kappa shape index (κ2) is 5.67. The number of carboxylic acids is 1. The normalized spacial score (nSPS) is 10.2. The van der Waals surface area contributed by atoms with Gasteiger partial charge >= 0.3 is 5.97 Å². The van der Waals surface area contributed by atoms with Gasteiger partial charge in [-0.3, -0.25) is 0 Å². The topological polar surface area (TPSA) is 72.5 Å².